The Morgan fingerprint density at radius 3 is 1.26 bits per heavy atom. The van der Waals surface area contributed by atoms with Gasteiger partial charge in [-0.05, 0) is 108 Å². The van der Waals surface area contributed by atoms with Crippen molar-refractivity contribution in [2.75, 3.05) is 0 Å². The largest absolute Gasteiger partial charge is 0.0879 e. The van der Waals surface area contributed by atoms with E-state index in [0.717, 1.165) is 0 Å². The Hall–Kier alpha value is -5.98. The summed E-state index contributed by atoms with van der Waals surface area (Å²) in [4.78, 5) is 0. The fourth-order valence-corrected chi connectivity index (χ4v) is 7.96. The molecule has 8 aromatic rings. The van der Waals surface area contributed by atoms with E-state index in [2.05, 4.69) is 188 Å². The number of hydrogen-bond donors (Lipinski definition) is 0. The van der Waals surface area contributed by atoms with Gasteiger partial charge in [-0.25, -0.2) is 0 Å². The molecule has 0 aromatic heterocycles. The van der Waals surface area contributed by atoms with E-state index >= 15 is 0 Å². The van der Waals surface area contributed by atoms with Crippen molar-refractivity contribution in [1.29, 1.82) is 0 Å². The third-order valence-electron chi connectivity index (χ3n) is 10.5. The topological polar surface area (TPSA) is 0 Å². The Labute approximate surface area is 295 Å². The van der Waals surface area contributed by atoms with Crippen molar-refractivity contribution in [3.63, 3.8) is 0 Å². The molecule has 0 amide bonds. The van der Waals surface area contributed by atoms with E-state index in [1.807, 2.05) is 0 Å². The zero-order chi connectivity index (χ0) is 33.3. The van der Waals surface area contributed by atoms with Gasteiger partial charge in [0.15, 0.2) is 0 Å². The van der Waals surface area contributed by atoms with Crippen LogP contribution in [0.25, 0.3) is 77.2 Å². The molecule has 0 aliphatic heterocycles. The Kier molecular flexibility index (Phi) is 7.91. The van der Waals surface area contributed by atoms with Gasteiger partial charge < -0.3 is 0 Å². The summed E-state index contributed by atoms with van der Waals surface area (Å²) in [5.74, 6) is 0.529. The lowest BCUT2D eigenvalue weighted by Crippen LogP contribution is -1.99. The minimum Gasteiger partial charge on any atom is -0.0879 e. The first-order chi connectivity index (χ1) is 24.8. The maximum atomic E-state index is 2.39. The van der Waals surface area contributed by atoms with Crippen LogP contribution in [0.1, 0.15) is 30.7 Å². The van der Waals surface area contributed by atoms with Crippen LogP contribution in [-0.4, -0.2) is 0 Å². The van der Waals surface area contributed by atoms with Crippen LogP contribution in [0.15, 0.2) is 188 Å². The first kappa shape index (κ1) is 30.1. The highest BCUT2D eigenvalue weighted by molar-refractivity contribution is 6.21. The molecule has 0 spiro atoms. The van der Waals surface area contributed by atoms with E-state index in [4.69, 9.17) is 0 Å². The number of allylic oxidation sites excluding steroid dienone is 2. The van der Waals surface area contributed by atoms with Gasteiger partial charge in [0.1, 0.15) is 0 Å². The normalized spacial score (nSPS) is 14.3. The maximum absolute atomic E-state index is 2.39. The monoisotopic (exact) mass is 638 g/mol. The van der Waals surface area contributed by atoms with E-state index in [9.17, 15) is 0 Å². The van der Waals surface area contributed by atoms with Crippen LogP contribution in [-0.2, 0) is 0 Å². The summed E-state index contributed by atoms with van der Waals surface area (Å²) < 4.78 is 0. The van der Waals surface area contributed by atoms with Gasteiger partial charge in [0.25, 0.3) is 0 Å². The van der Waals surface area contributed by atoms with Crippen molar-refractivity contribution < 1.29 is 0 Å². The van der Waals surface area contributed by atoms with E-state index in [1.165, 1.54) is 102 Å². The van der Waals surface area contributed by atoms with E-state index in [0.29, 0.717) is 5.92 Å². The Morgan fingerprint density at radius 1 is 0.340 bits per heavy atom. The van der Waals surface area contributed by atoms with Crippen LogP contribution in [0.5, 0.6) is 0 Å². The molecule has 238 valence electrons. The van der Waals surface area contributed by atoms with Crippen LogP contribution >= 0.6 is 0 Å². The number of benzene rings is 8. The van der Waals surface area contributed by atoms with Gasteiger partial charge >= 0.3 is 0 Å². The summed E-state index contributed by atoms with van der Waals surface area (Å²) in [6.45, 7) is 0. The Morgan fingerprint density at radius 2 is 0.760 bits per heavy atom. The molecule has 8 aromatic carbocycles. The number of fused-ring (bicyclic) bond motifs is 2. The molecule has 0 saturated carbocycles. The molecule has 0 bridgehead atoms. The maximum Gasteiger partial charge on any atom is 0.00182 e. The van der Waals surface area contributed by atoms with E-state index < -0.39 is 0 Å². The van der Waals surface area contributed by atoms with Gasteiger partial charge in [0.2, 0.25) is 0 Å². The highest BCUT2D eigenvalue weighted by Gasteiger charge is 2.17. The predicted molar refractivity (Wildman–Crippen MR) is 214 cm³/mol. The molecule has 0 nitrogen and oxygen atoms in total. The van der Waals surface area contributed by atoms with Crippen molar-refractivity contribution in [2.45, 2.75) is 25.2 Å². The first-order valence-corrected chi connectivity index (χ1v) is 17.9. The van der Waals surface area contributed by atoms with Crippen molar-refractivity contribution in [2.24, 2.45) is 0 Å². The molecule has 1 atom stereocenters. The van der Waals surface area contributed by atoms with Gasteiger partial charge in [-0.2, -0.15) is 0 Å². The molecule has 9 rings (SSSR count). The van der Waals surface area contributed by atoms with Crippen LogP contribution < -0.4 is 0 Å². The standard InChI is InChI=1S/C50H38/c1-3-13-35(14-4-1)41-17-11-19-43(33-41)37-25-29-39(30-26-37)49-45-21-7-9-23-47(45)50(48-24-10-8-22-46(48)49)40-31-27-38(28-32-40)44-20-12-18-42(34-44)36-15-5-2-6-16-36/h1,3-5,7-15,17-34,36H,2,6,16H2. The highest BCUT2D eigenvalue weighted by atomic mass is 14.2. The molecule has 0 N–H and O–H groups in total. The summed E-state index contributed by atoms with van der Waals surface area (Å²) in [7, 11) is 0. The third kappa shape index (κ3) is 5.63. The summed E-state index contributed by atoms with van der Waals surface area (Å²) in [6, 6.07) is 64.8. The minimum absolute atomic E-state index is 0.529. The Bertz CT molecular complexity index is 2420. The molecule has 1 unspecified atom stereocenters. The van der Waals surface area contributed by atoms with Gasteiger partial charge in [-0.15, -0.1) is 0 Å². The van der Waals surface area contributed by atoms with E-state index in [-0.39, 0.29) is 0 Å². The van der Waals surface area contributed by atoms with Gasteiger partial charge in [0, 0.05) is 5.92 Å². The number of rotatable bonds is 6. The molecule has 0 heterocycles. The second-order valence-corrected chi connectivity index (χ2v) is 13.5. The molecule has 1 aliphatic rings. The molecule has 1 aliphatic carbocycles. The molecule has 0 radical (unpaired) electrons. The Balaban J connectivity index is 1.11. The lowest BCUT2D eigenvalue weighted by atomic mass is 9.85. The van der Waals surface area contributed by atoms with E-state index in [1.54, 1.807) is 0 Å². The fourth-order valence-electron chi connectivity index (χ4n) is 7.96. The van der Waals surface area contributed by atoms with Crippen molar-refractivity contribution in [1.82, 2.24) is 0 Å². The lowest BCUT2D eigenvalue weighted by molar-refractivity contribution is 0.654. The molecule has 0 fully saturated rings. The summed E-state index contributed by atoms with van der Waals surface area (Å²) in [6.07, 6.45) is 8.46. The molecule has 0 saturated heterocycles. The SMILES string of the molecule is C1=CC(c2cccc(-c3ccc(-c4c5ccccc5c(-c5ccc(-c6cccc(-c7ccccc7)c6)cc5)c5ccccc45)cc3)c2)CCC1. The van der Waals surface area contributed by atoms with Crippen LogP contribution in [0, 0.1) is 0 Å². The zero-order valence-corrected chi connectivity index (χ0v) is 28.1. The molecule has 0 heteroatoms. The highest BCUT2D eigenvalue weighted by Crippen LogP contribution is 2.44. The smallest absolute Gasteiger partial charge is 0.00182 e. The fraction of sp³-hybridized carbons (Fsp3) is 0.0800. The quantitative estimate of drug-likeness (QED) is 0.126. The zero-order valence-electron chi connectivity index (χ0n) is 28.1. The van der Waals surface area contributed by atoms with Crippen LogP contribution in [0.2, 0.25) is 0 Å². The second-order valence-electron chi connectivity index (χ2n) is 13.5. The number of hydrogen-bond acceptors (Lipinski definition) is 0. The van der Waals surface area contributed by atoms with Gasteiger partial charge in [-0.1, -0.05) is 182 Å². The lowest BCUT2D eigenvalue weighted by Gasteiger charge is -2.19. The minimum atomic E-state index is 0.529. The molecule has 50 heavy (non-hydrogen) atoms. The van der Waals surface area contributed by atoms with Gasteiger partial charge in [-0.3, -0.25) is 0 Å². The first-order valence-electron chi connectivity index (χ1n) is 17.9. The van der Waals surface area contributed by atoms with Crippen LogP contribution in [0.3, 0.4) is 0 Å². The average Bonchev–Trinajstić information content (AvgIpc) is 3.21. The second kappa shape index (κ2) is 13.1. The van der Waals surface area contributed by atoms with Crippen LogP contribution in [0.4, 0.5) is 0 Å². The molecular weight excluding hydrogens is 601 g/mol. The molecular formula is C50H38. The summed E-state index contributed by atoms with van der Waals surface area (Å²) in [5, 5.41) is 5.11. The average molecular weight is 639 g/mol. The van der Waals surface area contributed by atoms with Crippen molar-refractivity contribution >= 4 is 21.5 Å². The van der Waals surface area contributed by atoms with Gasteiger partial charge in [0.05, 0.1) is 0 Å². The van der Waals surface area contributed by atoms with Crippen molar-refractivity contribution in [3.05, 3.63) is 194 Å². The van der Waals surface area contributed by atoms with Crippen molar-refractivity contribution in [3.8, 4) is 55.6 Å². The predicted octanol–water partition coefficient (Wildman–Crippen LogP) is 14.2. The summed E-state index contributed by atoms with van der Waals surface area (Å²) >= 11 is 0. The summed E-state index contributed by atoms with van der Waals surface area (Å²) in [5.41, 5.74) is 13.9. The third-order valence-corrected chi connectivity index (χ3v) is 10.5.